The molecule has 1 rings (SSSR count). The maximum absolute atomic E-state index is 12.8. The maximum Gasteiger partial charge on any atom is 0.417 e. The van der Waals surface area contributed by atoms with Crippen LogP contribution in [0.2, 0.25) is 5.02 Å². The average molecular weight is 346 g/mol. The minimum atomic E-state index is -4.73. The Morgan fingerprint density at radius 3 is 2.43 bits per heavy atom. The topological polar surface area (TPSA) is 57.6 Å². The molecule has 0 aromatic heterocycles. The highest BCUT2D eigenvalue weighted by molar-refractivity contribution is 7.89. The molecule has 0 saturated carbocycles. The van der Waals surface area contributed by atoms with E-state index in [2.05, 4.69) is 0 Å². The molecule has 0 amide bonds. The first-order valence-electron chi connectivity index (χ1n) is 6.12. The monoisotopic (exact) mass is 345 g/mol. The lowest BCUT2D eigenvalue weighted by Crippen LogP contribution is -2.32. The van der Waals surface area contributed by atoms with E-state index in [4.69, 9.17) is 16.7 Å². The van der Waals surface area contributed by atoms with Crippen molar-refractivity contribution >= 4 is 21.6 Å². The van der Waals surface area contributed by atoms with Gasteiger partial charge in [-0.3, -0.25) is 0 Å². The fourth-order valence-electron chi connectivity index (χ4n) is 1.73. The first-order chi connectivity index (χ1) is 9.64. The predicted molar refractivity (Wildman–Crippen MR) is 72.6 cm³/mol. The van der Waals surface area contributed by atoms with Gasteiger partial charge in [0.25, 0.3) is 0 Å². The molecule has 120 valence electrons. The summed E-state index contributed by atoms with van der Waals surface area (Å²) in [4.78, 5) is -0.473. The lowest BCUT2D eigenvalue weighted by molar-refractivity contribution is -0.137. The standard InChI is InChI=1S/C12H15ClF3NO3S/c1-2-17(6-3-7-18)21(19,20)9-4-5-11(13)10(8-9)12(14,15)16/h4-5,8,18H,2-3,6-7H2,1H3. The first-order valence-corrected chi connectivity index (χ1v) is 7.94. The van der Waals surface area contributed by atoms with E-state index < -0.39 is 31.7 Å². The van der Waals surface area contributed by atoms with Crippen molar-refractivity contribution in [1.29, 1.82) is 0 Å². The van der Waals surface area contributed by atoms with E-state index in [0.29, 0.717) is 6.07 Å². The van der Waals surface area contributed by atoms with Gasteiger partial charge in [-0.15, -0.1) is 0 Å². The predicted octanol–water partition coefficient (Wildman–Crippen LogP) is 2.75. The summed E-state index contributed by atoms with van der Waals surface area (Å²) in [5.74, 6) is 0. The van der Waals surface area contributed by atoms with Crippen LogP contribution >= 0.6 is 11.6 Å². The Kier molecular flexibility index (Phi) is 6.03. The Labute approximate surface area is 126 Å². The second-order valence-electron chi connectivity index (χ2n) is 4.21. The molecule has 4 nitrogen and oxygen atoms in total. The van der Waals surface area contributed by atoms with Crippen LogP contribution in [0.3, 0.4) is 0 Å². The van der Waals surface area contributed by atoms with Gasteiger partial charge in [-0.25, -0.2) is 8.42 Å². The molecule has 1 aromatic carbocycles. The van der Waals surface area contributed by atoms with Crippen molar-refractivity contribution in [1.82, 2.24) is 4.31 Å². The van der Waals surface area contributed by atoms with Crippen LogP contribution in [0.15, 0.2) is 23.1 Å². The van der Waals surface area contributed by atoms with Crippen molar-refractivity contribution in [2.24, 2.45) is 0 Å². The molecular weight excluding hydrogens is 331 g/mol. The fraction of sp³-hybridized carbons (Fsp3) is 0.500. The molecule has 9 heteroatoms. The summed E-state index contributed by atoms with van der Waals surface area (Å²) in [5, 5.41) is 8.19. The van der Waals surface area contributed by atoms with Crippen LogP contribution < -0.4 is 0 Å². The number of alkyl halides is 3. The summed E-state index contributed by atoms with van der Waals surface area (Å²) >= 11 is 5.47. The van der Waals surface area contributed by atoms with Crippen LogP contribution in [0, 0.1) is 0 Å². The number of sulfonamides is 1. The fourth-order valence-corrected chi connectivity index (χ4v) is 3.47. The molecule has 0 radical (unpaired) electrons. The van der Waals surface area contributed by atoms with Crippen molar-refractivity contribution in [2.75, 3.05) is 19.7 Å². The van der Waals surface area contributed by atoms with Crippen LogP contribution in [0.5, 0.6) is 0 Å². The van der Waals surface area contributed by atoms with Crippen molar-refractivity contribution in [2.45, 2.75) is 24.4 Å². The Morgan fingerprint density at radius 1 is 1.33 bits per heavy atom. The van der Waals surface area contributed by atoms with Gasteiger partial charge in [-0.1, -0.05) is 18.5 Å². The summed E-state index contributed by atoms with van der Waals surface area (Å²) in [7, 11) is -4.06. The molecule has 0 aliphatic carbocycles. The van der Waals surface area contributed by atoms with Gasteiger partial charge >= 0.3 is 6.18 Å². The van der Waals surface area contributed by atoms with Gasteiger partial charge in [0.2, 0.25) is 10.0 Å². The molecular formula is C12H15ClF3NO3S. The molecule has 0 saturated heterocycles. The van der Waals surface area contributed by atoms with Crippen molar-refractivity contribution in [3.63, 3.8) is 0 Å². The number of hydrogen-bond acceptors (Lipinski definition) is 3. The zero-order valence-electron chi connectivity index (χ0n) is 11.2. The van der Waals surface area contributed by atoms with Gasteiger partial charge < -0.3 is 5.11 Å². The summed E-state index contributed by atoms with van der Waals surface area (Å²) in [6.45, 7) is 1.47. The third kappa shape index (κ3) is 4.32. The van der Waals surface area contributed by atoms with E-state index in [1.54, 1.807) is 6.92 Å². The van der Waals surface area contributed by atoms with Gasteiger partial charge in [0.15, 0.2) is 0 Å². The normalized spacial score (nSPS) is 12.9. The summed E-state index contributed by atoms with van der Waals surface area (Å²) in [6, 6.07) is 2.48. The molecule has 0 spiro atoms. The molecule has 1 aromatic rings. The minimum absolute atomic E-state index is 0.0271. The molecule has 0 aliphatic heterocycles. The highest BCUT2D eigenvalue weighted by Gasteiger charge is 2.35. The molecule has 0 aliphatic rings. The molecule has 1 N–H and O–H groups in total. The SMILES string of the molecule is CCN(CCCO)S(=O)(=O)c1ccc(Cl)c(C(F)(F)F)c1. The number of benzene rings is 1. The van der Waals surface area contributed by atoms with E-state index in [9.17, 15) is 21.6 Å². The third-order valence-electron chi connectivity index (χ3n) is 2.80. The Bertz CT molecular complexity index is 590. The lowest BCUT2D eigenvalue weighted by Gasteiger charge is -2.21. The largest absolute Gasteiger partial charge is 0.417 e. The Balaban J connectivity index is 3.25. The Hall–Kier alpha value is -0.830. The van der Waals surface area contributed by atoms with Crippen LogP contribution in [-0.4, -0.2) is 37.5 Å². The van der Waals surface area contributed by atoms with Gasteiger partial charge in [-0.05, 0) is 24.6 Å². The van der Waals surface area contributed by atoms with E-state index >= 15 is 0 Å². The third-order valence-corrected chi connectivity index (χ3v) is 5.10. The van der Waals surface area contributed by atoms with Crippen LogP contribution in [0.4, 0.5) is 13.2 Å². The number of halogens is 4. The number of hydrogen-bond donors (Lipinski definition) is 1. The molecule has 0 heterocycles. The zero-order valence-corrected chi connectivity index (χ0v) is 12.8. The maximum atomic E-state index is 12.8. The average Bonchev–Trinajstić information content (AvgIpc) is 2.38. The molecule has 0 atom stereocenters. The highest BCUT2D eigenvalue weighted by atomic mass is 35.5. The summed E-state index contributed by atoms with van der Waals surface area (Å²) in [6.07, 6.45) is -4.53. The van der Waals surface area contributed by atoms with Gasteiger partial charge in [0.05, 0.1) is 15.5 Å². The minimum Gasteiger partial charge on any atom is -0.396 e. The van der Waals surface area contributed by atoms with Gasteiger partial charge in [0, 0.05) is 19.7 Å². The van der Waals surface area contributed by atoms with E-state index in [0.717, 1.165) is 16.4 Å². The van der Waals surface area contributed by atoms with E-state index in [1.165, 1.54) is 0 Å². The van der Waals surface area contributed by atoms with Gasteiger partial charge in [-0.2, -0.15) is 17.5 Å². The number of aliphatic hydroxyl groups is 1. The van der Waals surface area contributed by atoms with E-state index in [1.807, 2.05) is 0 Å². The van der Waals surface area contributed by atoms with Crippen LogP contribution in [0.25, 0.3) is 0 Å². The lowest BCUT2D eigenvalue weighted by atomic mass is 10.2. The molecule has 21 heavy (non-hydrogen) atoms. The molecule has 0 bridgehead atoms. The van der Waals surface area contributed by atoms with Crippen LogP contribution in [-0.2, 0) is 16.2 Å². The van der Waals surface area contributed by atoms with E-state index in [-0.39, 0.29) is 26.1 Å². The van der Waals surface area contributed by atoms with Crippen molar-refractivity contribution < 1.29 is 26.7 Å². The summed E-state index contributed by atoms with van der Waals surface area (Å²) in [5.41, 5.74) is -1.19. The highest BCUT2D eigenvalue weighted by Crippen LogP contribution is 2.36. The second kappa shape index (κ2) is 6.95. The number of nitrogens with zero attached hydrogens (tertiary/aromatic N) is 1. The quantitative estimate of drug-likeness (QED) is 0.862. The van der Waals surface area contributed by atoms with Crippen molar-refractivity contribution in [3.05, 3.63) is 28.8 Å². The number of aliphatic hydroxyl groups excluding tert-OH is 1. The van der Waals surface area contributed by atoms with Crippen LogP contribution in [0.1, 0.15) is 18.9 Å². The molecule has 0 unspecified atom stereocenters. The zero-order chi connectivity index (χ0) is 16.3. The first kappa shape index (κ1) is 18.2. The Morgan fingerprint density at radius 2 is 1.95 bits per heavy atom. The smallest absolute Gasteiger partial charge is 0.396 e. The second-order valence-corrected chi connectivity index (χ2v) is 6.56. The number of rotatable bonds is 6. The summed E-state index contributed by atoms with van der Waals surface area (Å²) < 4.78 is 63.9. The molecule has 0 fully saturated rings. The van der Waals surface area contributed by atoms with Crippen molar-refractivity contribution in [3.8, 4) is 0 Å². The van der Waals surface area contributed by atoms with Gasteiger partial charge in [0.1, 0.15) is 0 Å².